The highest BCUT2D eigenvalue weighted by atomic mass is 19.1. The molecule has 1 atom stereocenters. The lowest BCUT2D eigenvalue weighted by molar-refractivity contribution is -0.120. The summed E-state index contributed by atoms with van der Waals surface area (Å²) >= 11 is 0. The molecule has 3 aromatic rings. The molecule has 6 nitrogen and oxygen atoms in total. The average molecular weight is 391 g/mol. The zero-order valence-corrected chi connectivity index (χ0v) is 16.2. The number of carbonyl (C=O) groups excluding carboxylic acids is 1. The fourth-order valence-electron chi connectivity index (χ4n) is 3.51. The first-order chi connectivity index (χ1) is 14.1. The van der Waals surface area contributed by atoms with Gasteiger partial charge in [0, 0.05) is 24.3 Å². The molecule has 0 bridgehead atoms. The molecule has 1 aromatic carbocycles. The molecule has 0 radical (unpaired) electrons. The van der Waals surface area contributed by atoms with Crippen molar-refractivity contribution in [3.8, 4) is 11.3 Å². The zero-order chi connectivity index (χ0) is 20.2. The van der Waals surface area contributed by atoms with Crippen molar-refractivity contribution < 1.29 is 9.18 Å². The molecule has 2 aromatic heterocycles. The molecule has 0 saturated carbocycles. The van der Waals surface area contributed by atoms with Crippen LogP contribution in [0.25, 0.3) is 11.3 Å². The van der Waals surface area contributed by atoms with E-state index in [4.69, 9.17) is 0 Å². The molecular formula is C22H22FN5O. The lowest BCUT2D eigenvalue weighted by atomic mass is 9.97. The third-order valence-electron chi connectivity index (χ3n) is 5.05. The molecule has 4 rings (SSSR count). The Morgan fingerprint density at radius 3 is 2.66 bits per heavy atom. The minimum absolute atomic E-state index is 0.0244. The van der Waals surface area contributed by atoms with E-state index in [0.717, 1.165) is 36.5 Å². The summed E-state index contributed by atoms with van der Waals surface area (Å²) in [5.74, 6) is 0.878. The summed E-state index contributed by atoms with van der Waals surface area (Å²) in [5.41, 5.74) is 2.36. The predicted octanol–water partition coefficient (Wildman–Crippen LogP) is 3.84. The summed E-state index contributed by atoms with van der Waals surface area (Å²) in [4.78, 5) is 19.1. The number of pyridine rings is 1. The van der Waals surface area contributed by atoms with Gasteiger partial charge in [-0.05, 0) is 68.3 Å². The summed E-state index contributed by atoms with van der Waals surface area (Å²) in [5, 5.41) is 11.5. The number of nitrogens with zero attached hydrogens (tertiary/aromatic N) is 4. The van der Waals surface area contributed by atoms with Crippen molar-refractivity contribution in [3.05, 3.63) is 66.1 Å². The number of nitrogens with one attached hydrogen (secondary N) is 1. The molecule has 1 N–H and O–H groups in total. The summed E-state index contributed by atoms with van der Waals surface area (Å²) in [7, 11) is 0. The van der Waals surface area contributed by atoms with E-state index in [1.165, 1.54) is 12.1 Å². The van der Waals surface area contributed by atoms with Crippen LogP contribution < -0.4 is 10.2 Å². The number of halogens is 1. The Labute approximate surface area is 168 Å². The first-order valence-electron chi connectivity index (χ1n) is 9.67. The molecule has 1 fully saturated rings. The molecule has 1 unspecified atom stereocenters. The van der Waals surface area contributed by atoms with Crippen molar-refractivity contribution in [3.63, 3.8) is 0 Å². The van der Waals surface area contributed by atoms with E-state index < -0.39 is 0 Å². The van der Waals surface area contributed by atoms with Crippen LogP contribution in [0.1, 0.15) is 18.5 Å². The highest BCUT2D eigenvalue weighted by molar-refractivity contribution is 5.92. The lowest BCUT2D eigenvalue weighted by Crippen LogP contribution is -2.41. The van der Waals surface area contributed by atoms with Crippen LogP contribution in [0, 0.1) is 18.7 Å². The number of rotatable bonds is 4. The molecule has 0 spiro atoms. The summed E-state index contributed by atoms with van der Waals surface area (Å²) in [6.45, 7) is 3.31. The number of benzene rings is 1. The Hall–Kier alpha value is -3.35. The summed E-state index contributed by atoms with van der Waals surface area (Å²) < 4.78 is 13.1. The van der Waals surface area contributed by atoms with E-state index >= 15 is 0 Å². The fourth-order valence-corrected chi connectivity index (χ4v) is 3.51. The Balaban J connectivity index is 1.42. The van der Waals surface area contributed by atoms with E-state index in [9.17, 15) is 9.18 Å². The Morgan fingerprint density at radius 1 is 1.10 bits per heavy atom. The number of carbonyl (C=O) groups is 1. The van der Waals surface area contributed by atoms with Gasteiger partial charge in [-0.15, -0.1) is 10.2 Å². The SMILES string of the molecule is Cc1cccc(NC(=O)C2CCCN(c3ccc(-c4ccc(F)cc4)nn3)C2)n1. The number of anilines is 2. The molecule has 0 aliphatic carbocycles. The lowest BCUT2D eigenvalue weighted by Gasteiger charge is -2.32. The van der Waals surface area contributed by atoms with Crippen LogP contribution in [0.3, 0.4) is 0 Å². The first-order valence-corrected chi connectivity index (χ1v) is 9.67. The maximum atomic E-state index is 13.1. The van der Waals surface area contributed by atoms with Crippen molar-refractivity contribution in [1.82, 2.24) is 15.2 Å². The molecule has 29 heavy (non-hydrogen) atoms. The van der Waals surface area contributed by atoms with Gasteiger partial charge in [0.2, 0.25) is 5.91 Å². The molecule has 1 aliphatic heterocycles. The maximum absolute atomic E-state index is 13.1. The minimum Gasteiger partial charge on any atom is -0.354 e. The smallest absolute Gasteiger partial charge is 0.230 e. The number of aromatic nitrogens is 3. The van der Waals surface area contributed by atoms with E-state index in [2.05, 4.69) is 25.4 Å². The molecule has 148 valence electrons. The van der Waals surface area contributed by atoms with Gasteiger partial charge in [0.15, 0.2) is 5.82 Å². The molecule has 1 amide bonds. The van der Waals surface area contributed by atoms with Crippen LogP contribution in [-0.4, -0.2) is 34.2 Å². The highest BCUT2D eigenvalue weighted by Crippen LogP contribution is 2.24. The average Bonchev–Trinajstić information content (AvgIpc) is 2.74. The first kappa shape index (κ1) is 19.0. The fraction of sp³-hybridized carbons (Fsp3) is 0.273. The van der Waals surface area contributed by atoms with Gasteiger partial charge in [0.1, 0.15) is 11.6 Å². The van der Waals surface area contributed by atoms with E-state index in [1.54, 1.807) is 18.2 Å². The molecule has 1 saturated heterocycles. The van der Waals surface area contributed by atoms with Gasteiger partial charge >= 0.3 is 0 Å². The third kappa shape index (κ3) is 4.56. The van der Waals surface area contributed by atoms with Gasteiger partial charge in [0.25, 0.3) is 0 Å². The van der Waals surface area contributed by atoms with E-state index in [-0.39, 0.29) is 17.6 Å². The van der Waals surface area contributed by atoms with Crippen molar-refractivity contribution >= 4 is 17.5 Å². The number of hydrogen-bond donors (Lipinski definition) is 1. The van der Waals surface area contributed by atoms with Crippen LogP contribution in [0.2, 0.25) is 0 Å². The second kappa shape index (κ2) is 8.34. The quantitative estimate of drug-likeness (QED) is 0.732. The van der Waals surface area contributed by atoms with Gasteiger partial charge in [0.05, 0.1) is 11.6 Å². The Morgan fingerprint density at radius 2 is 1.93 bits per heavy atom. The van der Waals surface area contributed by atoms with Gasteiger partial charge in [-0.2, -0.15) is 0 Å². The topological polar surface area (TPSA) is 71.0 Å². The second-order valence-electron chi connectivity index (χ2n) is 7.22. The predicted molar refractivity (Wildman–Crippen MR) is 110 cm³/mol. The molecule has 1 aliphatic rings. The monoisotopic (exact) mass is 391 g/mol. The number of hydrogen-bond acceptors (Lipinski definition) is 5. The molecular weight excluding hydrogens is 369 g/mol. The van der Waals surface area contributed by atoms with Gasteiger partial charge in [-0.1, -0.05) is 6.07 Å². The second-order valence-corrected chi connectivity index (χ2v) is 7.22. The number of aryl methyl sites for hydroxylation is 1. The molecule has 3 heterocycles. The van der Waals surface area contributed by atoms with Crippen LogP contribution in [0.4, 0.5) is 16.0 Å². The summed E-state index contributed by atoms with van der Waals surface area (Å²) in [6.07, 6.45) is 1.73. The van der Waals surface area contributed by atoms with Gasteiger partial charge in [-0.3, -0.25) is 4.79 Å². The van der Waals surface area contributed by atoms with Crippen LogP contribution in [-0.2, 0) is 4.79 Å². The van der Waals surface area contributed by atoms with E-state index in [1.807, 2.05) is 31.2 Å². The Kier molecular flexibility index (Phi) is 5.46. The van der Waals surface area contributed by atoms with Crippen LogP contribution in [0.15, 0.2) is 54.6 Å². The van der Waals surface area contributed by atoms with Crippen molar-refractivity contribution in [2.75, 3.05) is 23.3 Å². The highest BCUT2D eigenvalue weighted by Gasteiger charge is 2.27. The van der Waals surface area contributed by atoms with Crippen molar-refractivity contribution in [2.45, 2.75) is 19.8 Å². The number of piperidine rings is 1. The largest absolute Gasteiger partial charge is 0.354 e. The number of amides is 1. The minimum atomic E-state index is -0.281. The Bertz CT molecular complexity index is 991. The standard InChI is InChI=1S/C22H22FN5O/c1-15-4-2-6-20(24-15)25-22(29)17-5-3-13-28(14-17)21-12-11-19(26-27-21)16-7-9-18(23)10-8-16/h2,4,6-12,17H,3,5,13-14H2,1H3,(H,24,25,29). The molecule has 7 heteroatoms. The summed E-state index contributed by atoms with van der Waals surface area (Å²) in [6, 6.07) is 15.5. The van der Waals surface area contributed by atoms with Crippen LogP contribution >= 0.6 is 0 Å². The normalized spacial score (nSPS) is 16.5. The van der Waals surface area contributed by atoms with Gasteiger partial charge in [-0.25, -0.2) is 9.37 Å². The van der Waals surface area contributed by atoms with Crippen LogP contribution in [0.5, 0.6) is 0 Å². The van der Waals surface area contributed by atoms with E-state index in [0.29, 0.717) is 18.1 Å². The van der Waals surface area contributed by atoms with Crippen molar-refractivity contribution in [1.29, 1.82) is 0 Å². The third-order valence-corrected chi connectivity index (χ3v) is 5.05. The van der Waals surface area contributed by atoms with Crippen molar-refractivity contribution in [2.24, 2.45) is 5.92 Å². The maximum Gasteiger partial charge on any atom is 0.230 e. The van der Waals surface area contributed by atoms with Gasteiger partial charge < -0.3 is 10.2 Å². The zero-order valence-electron chi connectivity index (χ0n) is 16.2.